The van der Waals surface area contributed by atoms with Crippen molar-refractivity contribution in [3.8, 4) is 0 Å². The van der Waals surface area contributed by atoms with Crippen molar-refractivity contribution in [3.63, 3.8) is 0 Å². The van der Waals surface area contributed by atoms with E-state index in [1.807, 2.05) is 42.5 Å². The van der Waals surface area contributed by atoms with Crippen LogP contribution in [0, 0.1) is 0 Å². The highest BCUT2D eigenvalue weighted by atomic mass is 79.9. The third-order valence-electron chi connectivity index (χ3n) is 3.66. The summed E-state index contributed by atoms with van der Waals surface area (Å²) >= 11 is 3.47. The zero-order valence-corrected chi connectivity index (χ0v) is 13.1. The molecule has 0 unspecified atom stereocenters. The summed E-state index contributed by atoms with van der Waals surface area (Å²) in [5.41, 5.74) is 2.27. The number of hydrogen-bond acceptors (Lipinski definition) is 2. The zero-order valence-electron chi connectivity index (χ0n) is 11.5. The standard InChI is InChI=1S/C17H16BrNO2/c18-16-8-4-7-14(9-16)15-10-19(11-15)17(20)21-12-13-5-2-1-3-6-13/h1-9,15H,10-12H2. The average molecular weight is 346 g/mol. The summed E-state index contributed by atoms with van der Waals surface area (Å²) in [6.45, 7) is 1.78. The number of carbonyl (C=O) groups is 1. The van der Waals surface area contributed by atoms with Gasteiger partial charge in [-0.25, -0.2) is 4.79 Å². The van der Waals surface area contributed by atoms with Gasteiger partial charge in [-0.15, -0.1) is 0 Å². The summed E-state index contributed by atoms with van der Waals surface area (Å²) in [6, 6.07) is 18.0. The zero-order chi connectivity index (χ0) is 14.7. The molecule has 108 valence electrons. The maximum atomic E-state index is 11.9. The Balaban J connectivity index is 1.48. The van der Waals surface area contributed by atoms with Crippen LogP contribution in [0.5, 0.6) is 0 Å². The van der Waals surface area contributed by atoms with Crippen LogP contribution in [0.2, 0.25) is 0 Å². The molecule has 1 heterocycles. The van der Waals surface area contributed by atoms with Crippen LogP contribution in [-0.4, -0.2) is 24.1 Å². The Labute approximate surface area is 132 Å². The molecule has 0 bridgehead atoms. The molecule has 0 atom stereocenters. The molecule has 1 amide bonds. The van der Waals surface area contributed by atoms with Gasteiger partial charge in [-0.05, 0) is 23.3 Å². The molecule has 1 saturated heterocycles. The average Bonchev–Trinajstić information content (AvgIpc) is 2.45. The number of likely N-dealkylation sites (tertiary alicyclic amines) is 1. The maximum absolute atomic E-state index is 11.9. The molecule has 0 spiro atoms. The van der Waals surface area contributed by atoms with Gasteiger partial charge in [0.2, 0.25) is 0 Å². The van der Waals surface area contributed by atoms with Crippen LogP contribution >= 0.6 is 15.9 Å². The number of amides is 1. The van der Waals surface area contributed by atoms with Gasteiger partial charge in [-0.2, -0.15) is 0 Å². The minimum Gasteiger partial charge on any atom is -0.445 e. The number of halogens is 1. The van der Waals surface area contributed by atoms with Crippen LogP contribution in [0.4, 0.5) is 4.79 Å². The molecule has 3 nitrogen and oxygen atoms in total. The molecule has 0 aliphatic carbocycles. The van der Waals surface area contributed by atoms with Crippen molar-refractivity contribution in [1.82, 2.24) is 4.90 Å². The summed E-state index contributed by atoms with van der Waals surface area (Å²) < 4.78 is 6.39. The molecule has 2 aromatic carbocycles. The molecule has 0 N–H and O–H groups in total. The predicted molar refractivity (Wildman–Crippen MR) is 85.1 cm³/mol. The summed E-state index contributed by atoms with van der Waals surface area (Å²) in [5, 5.41) is 0. The lowest BCUT2D eigenvalue weighted by Gasteiger charge is -2.38. The Bertz CT molecular complexity index is 624. The van der Waals surface area contributed by atoms with E-state index in [4.69, 9.17) is 4.74 Å². The van der Waals surface area contributed by atoms with Crippen molar-refractivity contribution in [3.05, 3.63) is 70.2 Å². The molecule has 0 saturated carbocycles. The van der Waals surface area contributed by atoms with Gasteiger partial charge in [0.15, 0.2) is 0 Å². The second-order valence-corrected chi connectivity index (χ2v) is 6.11. The molecule has 2 aromatic rings. The molecule has 1 aliphatic rings. The van der Waals surface area contributed by atoms with Gasteiger partial charge in [0.25, 0.3) is 0 Å². The van der Waals surface area contributed by atoms with Crippen LogP contribution in [0.15, 0.2) is 59.1 Å². The second-order valence-electron chi connectivity index (χ2n) is 5.20. The summed E-state index contributed by atoms with van der Waals surface area (Å²) in [4.78, 5) is 13.7. The van der Waals surface area contributed by atoms with Gasteiger partial charge >= 0.3 is 6.09 Å². The SMILES string of the molecule is O=C(OCc1ccccc1)N1CC(c2cccc(Br)c2)C1. The number of nitrogens with zero attached hydrogens (tertiary/aromatic N) is 1. The van der Waals surface area contributed by atoms with Crippen molar-refractivity contribution >= 4 is 22.0 Å². The number of hydrogen-bond donors (Lipinski definition) is 0. The smallest absolute Gasteiger partial charge is 0.410 e. The Morgan fingerprint density at radius 3 is 2.62 bits per heavy atom. The molecular weight excluding hydrogens is 330 g/mol. The molecule has 21 heavy (non-hydrogen) atoms. The minimum absolute atomic E-state index is 0.231. The lowest BCUT2D eigenvalue weighted by Crippen LogP contribution is -2.48. The summed E-state index contributed by atoms with van der Waals surface area (Å²) in [5.74, 6) is 0.409. The molecule has 4 heteroatoms. The molecule has 0 radical (unpaired) electrons. The van der Waals surface area contributed by atoms with E-state index in [1.54, 1.807) is 4.90 Å². The summed E-state index contributed by atoms with van der Waals surface area (Å²) in [7, 11) is 0. The Morgan fingerprint density at radius 1 is 1.14 bits per heavy atom. The highest BCUT2D eigenvalue weighted by Crippen LogP contribution is 2.29. The van der Waals surface area contributed by atoms with Gasteiger partial charge in [-0.1, -0.05) is 58.4 Å². The minimum atomic E-state index is -0.231. The molecule has 3 rings (SSSR count). The number of ether oxygens (including phenoxy) is 1. The largest absolute Gasteiger partial charge is 0.445 e. The lowest BCUT2D eigenvalue weighted by molar-refractivity contribution is 0.0664. The number of carbonyl (C=O) groups excluding carboxylic acids is 1. The number of rotatable bonds is 3. The molecule has 1 fully saturated rings. The highest BCUT2D eigenvalue weighted by Gasteiger charge is 2.32. The van der Waals surface area contributed by atoms with Gasteiger partial charge < -0.3 is 9.64 Å². The van der Waals surface area contributed by atoms with E-state index >= 15 is 0 Å². The second kappa shape index (κ2) is 6.31. The quantitative estimate of drug-likeness (QED) is 0.834. The van der Waals surface area contributed by atoms with E-state index in [2.05, 4.69) is 28.1 Å². The molecule has 1 aliphatic heterocycles. The molecular formula is C17H16BrNO2. The Kier molecular flexibility index (Phi) is 4.25. The van der Waals surface area contributed by atoms with E-state index in [9.17, 15) is 4.79 Å². The van der Waals surface area contributed by atoms with E-state index < -0.39 is 0 Å². The van der Waals surface area contributed by atoms with Crippen LogP contribution in [-0.2, 0) is 11.3 Å². The lowest BCUT2D eigenvalue weighted by atomic mass is 9.92. The summed E-state index contributed by atoms with van der Waals surface area (Å²) in [6.07, 6.45) is -0.231. The van der Waals surface area contributed by atoms with E-state index in [0.717, 1.165) is 23.1 Å². The van der Waals surface area contributed by atoms with Gasteiger partial charge in [0.1, 0.15) is 6.61 Å². The topological polar surface area (TPSA) is 29.5 Å². The van der Waals surface area contributed by atoms with Crippen molar-refractivity contribution in [2.75, 3.05) is 13.1 Å². The van der Waals surface area contributed by atoms with Gasteiger partial charge in [0, 0.05) is 23.5 Å². The first-order valence-corrected chi connectivity index (χ1v) is 7.73. The van der Waals surface area contributed by atoms with Crippen molar-refractivity contribution in [2.24, 2.45) is 0 Å². The first kappa shape index (κ1) is 14.1. The normalized spacial score (nSPS) is 14.6. The van der Waals surface area contributed by atoms with Crippen LogP contribution in [0.25, 0.3) is 0 Å². The van der Waals surface area contributed by atoms with E-state index in [-0.39, 0.29) is 6.09 Å². The Hall–Kier alpha value is -1.81. The van der Waals surface area contributed by atoms with Crippen molar-refractivity contribution in [2.45, 2.75) is 12.5 Å². The highest BCUT2D eigenvalue weighted by molar-refractivity contribution is 9.10. The fourth-order valence-corrected chi connectivity index (χ4v) is 2.83. The monoisotopic (exact) mass is 345 g/mol. The third-order valence-corrected chi connectivity index (χ3v) is 4.16. The van der Waals surface area contributed by atoms with Crippen LogP contribution in [0.1, 0.15) is 17.0 Å². The number of benzene rings is 2. The van der Waals surface area contributed by atoms with E-state index in [1.165, 1.54) is 5.56 Å². The molecule has 0 aromatic heterocycles. The van der Waals surface area contributed by atoms with Crippen LogP contribution < -0.4 is 0 Å². The van der Waals surface area contributed by atoms with Gasteiger partial charge in [0.05, 0.1) is 0 Å². The first-order chi connectivity index (χ1) is 10.2. The van der Waals surface area contributed by atoms with Crippen molar-refractivity contribution in [1.29, 1.82) is 0 Å². The Morgan fingerprint density at radius 2 is 1.90 bits per heavy atom. The van der Waals surface area contributed by atoms with E-state index in [0.29, 0.717) is 12.5 Å². The maximum Gasteiger partial charge on any atom is 0.410 e. The third kappa shape index (κ3) is 3.45. The predicted octanol–water partition coefficient (Wildman–Crippen LogP) is 4.19. The van der Waals surface area contributed by atoms with Gasteiger partial charge in [-0.3, -0.25) is 0 Å². The van der Waals surface area contributed by atoms with Crippen LogP contribution in [0.3, 0.4) is 0 Å². The first-order valence-electron chi connectivity index (χ1n) is 6.93. The van der Waals surface area contributed by atoms with Crippen molar-refractivity contribution < 1.29 is 9.53 Å². The fraction of sp³-hybridized carbons (Fsp3) is 0.235. The fourth-order valence-electron chi connectivity index (χ4n) is 2.41.